The molecule has 6 heteroatoms. The second-order valence-electron chi connectivity index (χ2n) is 7.67. The molecular formula is C25H27BrN2O3. The maximum atomic E-state index is 12.7. The van der Waals surface area contributed by atoms with E-state index in [1.54, 1.807) is 0 Å². The Kier molecular flexibility index (Phi) is 7.82. The van der Waals surface area contributed by atoms with Gasteiger partial charge in [0.2, 0.25) is 0 Å². The van der Waals surface area contributed by atoms with Gasteiger partial charge in [0, 0.05) is 22.3 Å². The Hall–Kier alpha value is -2.70. The zero-order chi connectivity index (χ0) is 22.4. The van der Waals surface area contributed by atoms with Gasteiger partial charge in [-0.1, -0.05) is 22.0 Å². The van der Waals surface area contributed by atoms with E-state index in [0.29, 0.717) is 29.1 Å². The molecule has 0 aliphatic rings. The molecule has 0 bridgehead atoms. The van der Waals surface area contributed by atoms with E-state index in [0.717, 1.165) is 15.9 Å². The molecule has 1 N–H and O–H groups in total. The topological polar surface area (TPSA) is 60.5 Å². The van der Waals surface area contributed by atoms with Crippen LogP contribution in [0.2, 0.25) is 0 Å². The van der Waals surface area contributed by atoms with Crippen LogP contribution in [0, 0.1) is 6.92 Å². The Morgan fingerprint density at radius 3 is 2.42 bits per heavy atom. The smallest absolute Gasteiger partial charge is 0.257 e. The standard InChI is InChI=1S/C25H27BrN2O3/c1-16(2)30-17(3)14-21-10-13-24(18(4)27-21)25(29)28-20-8-11-22(12-9-20)31-23-7-5-6-19(26)15-23/h5-13,15-17H,14H2,1-4H3,(H,28,29). The van der Waals surface area contributed by atoms with Gasteiger partial charge in [0.05, 0.1) is 23.5 Å². The number of ether oxygens (including phenoxy) is 2. The van der Waals surface area contributed by atoms with Gasteiger partial charge >= 0.3 is 0 Å². The van der Waals surface area contributed by atoms with Gasteiger partial charge in [0.25, 0.3) is 5.91 Å². The number of nitrogens with one attached hydrogen (secondary N) is 1. The van der Waals surface area contributed by atoms with Gasteiger partial charge in [0.1, 0.15) is 11.5 Å². The highest BCUT2D eigenvalue weighted by Crippen LogP contribution is 2.25. The van der Waals surface area contributed by atoms with Crippen molar-refractivity contribution in [3.63, 3.8) is 0 Å². The molecule has 0 spiro atoms. The van der Waals surface area contributed by atoms with Crippen LogP contribution in [0.3, 0.4) is 0 Å². The molecule has 0 aliphatic carbocycles. The highest BCUT2D eigenvalue weighted by Gasteiger charge is 2.13. The number of benzene rings is 2. The van der Waals surface area contributed by atoms with Crippen molar-refractivity contribution >= 4 is 27.5 Å². The molecule has 1 atom stereocenters. The number of aromatic nitrogens is 1. The molecule has 3 rings (SSSR count). The quantitative estimate of drug-likeness (QED) is 0.395. The Balaban J connectivity index is 1.61. The maximum absolute atomic E-state index is 12.7. The van der Waals surface area contributed by atoms with Crippen LogP contribution in [-0.4, -0.2) is 23.1 Å². The lowest BCUT2D eigenvalue weighted by molar-refractivity contribution is 0.0190. The number of rotatable bonds is 8. The lowest BCUT2D eigenvalue weighted by Gasteiger charge is -2.16. The predicted octanol–water partition coefficient (Wildman–Crippen LogP) is 6.55. The summed E-state index contributed by atoms with van der Waals surface area (Å²) in [6.45, 7) is 7.91. The van der Waals surface area contributed by atoms with Crippen LogP contribution >= 0.6 is 15.9 Å². The lowest BCUT2D eigenvalue weighted by atomic mass is 10.1. The normalized spacial score (nSPS) is 11.9. The molecule has 2 aromatic carbocycles. The molecule has 1 amide bonds. The molecule has 3 aromatic rings. The molecule has 0 saturated heterocycles. The number of carbonyl (C=O) groups is 1. The average Bonchev–Trinajstić information content (AvgIpc) is 2.69. The Labute approximate surface area is 191 Å². The van der Waals surface area contributed by atoms with Crippen molar-refractivity contribution in [1.82, 2.24) is 4.98 Å². The number of amides is 1. The van der Waals surface area contributed by atoms with E-state index in [-0.39, 0.29) is 18.1 Å². The molecule has 0 fully saturated rings. The van der Waals surface area contributed by atoms with Crippen LogP contribution in [0.1, 0.15) is 42.5 Å². The number of hydrogen-bond acceptors (Lipinski definition) is 4. The number of halogens is 1. The summed E-state index contributed by atoms with van der Waals surface area (Å²) in [6.07, 6.45) is 0.956. The van der Waals surface area contributed by atoms with Gasteiger partial charge in [-0.15, -0.1) is 0 Å². The number of carbonyl (C=O) groups excluding carboxylic acids is 1. The molecule has 31 heavy (non-hydrogen) atoms. The van der Waals surface area contributed by atoms with E-state index < -0.39 is 0 Å². The van der Waals surface area contributed by atoms with Crippen molar-refractivity contribution in [1.29, 1.82) is 0 Å². The first kappa shape index (κ1) is 23.0. The third-order valence-corrected chi connectivity index (χ3v) is 5.03. The number of aryl methyl sites for hydroxylation is 1. The third kappa shape index (κ3) is 6.91. The molecule has 1 heterocycles. The number of hydrogen-bond donors (Lipinski definition) is 1. The fourth-order valence-corrected chi connectivity index (χ4v) is 3.62. The molecule has 0 saturated carbocycles. The summed E-state index contributed by atoms with van der Waals surface area (Å²) in [5, 5.41) is 2.92. The predicted molar refractivity (Wildman–Crippen MR) is 127 cm³/mol. The first-order valence-electron chi connectivity index (χ1n) is 10.3. The van der Waals surface area contributed by atoms with E-state index >= 15 is 0 Å². The largest absolute Gasteiger partial charge is 0.457 e. The second-order valence-corrected chi connectivity index (χ2v) is 8.59. The van der Waals surface area contributed by atoms with Crippen LogP contribution < -0.4 is 10.1 Å². The molecule has 0 radical (unpaired) electrons. The molecule has 1 unspecified atom stereocenters. The van der Waals surface area contributed by atoms with Gasteiger partial charge in [-0.3, -0.25) is 9.78 Å². The van der Waals surface area contributed by atoms with Crippen molar-refractivity contribution in [2.45, 2.75) is 46.3 Å². The molecule has 1 aromatic heterocycles. The fraction of sp³-hybridized carbons (Fsp3) is 0.280. The van der Waals surface area contributed by atoms with Gasteiger partial charge in [0.15, 0.2) is 0 Å². The third-order valence-electron chi connectivity index (χ3n) is 4.53. The van der Waals surface area contributed by atoms with Gasteiger partial charge in [-0.2, -0.15) is 0 Å². The van der Waals surface area contributed by atoms with Gasteiger partial charge in [-0.25, -0.2) is 0 Å². The zero-order valence-electron chi connectivity index (χ0n) is 18.2. The summed E-state index contributed by atoms with van der Waals surface area (Å²) in [4.78, 5) is 17.3. The number of anilines is 1. The SMILES string of the molecule is Cc1nc(CC(C)OC(C)C)ccc1C(=O)Nc1ccc(Oc2cccc(Br)c2)cc1. The Morgan fingerprint density at radius 2 is 1.77 bits per heavy atom. The van der Waals surface area contributed by atoms with E-state index in [1.807, 2.05) is 88.4 Å². The van der Waals surface area contributed by atoms with Gasteiger partial charge < -0.3 is 14.8 Å². The van der Waals surface area contributed by atoms with Crippen LogP contribution in [0.5, 0.6) is 11.5 Å². The summed E-state index contributed by atoms with van der Waals surface area (Å²) >= 11 is 3.43. The van der Waals surface area contributed by atoms with Crippen molar-refractivity contribution in [2.24, 2.45) is 0 Å². The van der Waals surface area contributed by atoms with Crippen molar-refractivity contribution in [2.75, 3.05) is 5.32 Å². The summed E-state index contributed by atoms with van der Waals surface area (Å²) in [5.41, 5.74) is 2.85. The molecule has 0 aliphatic heterocycles. The van der Waals surface area contributed by atoms with E-state index in [9.17, 15) is 4.79 Å². The monoisotopic (exact) mass is 482 g/mol. The Morgan fingerprint density at radius 1 is 1.03 bits per heavy atom. The molecule has 162 valence electrons. The van der Waals surface area contributed by atoms with Gasteiger partial charge in [-0.05, 0) is 82.3 Å². The van der Waals surface area contributed by atoms with Crippen molar-refractivity contribution < 1.29 is 14.3 Å². The van der Waals surface area contributed by atoms with Crippen molar-refractivity contribution in [3.8, 4) is 11.5 Å². The van der Waals surface area contributed by atoms with Crippen LogP contribution in [0.4, 0.5) is 5.69 Å². The van der Waals surface area contributed by atoms with Crippen LogP contribution in [0.15, 0.2) is 65.1 Å². The van der Waals surface area contributed by atoms with E-state index in [1.165, 1.54) is 0 Å². The molecular weight excluding hydrogens is 456 g/mol. The highest BCUT2D eigenvalue weighted by molar-refractivity contribution is 9.10. The van der Waals surface area contributed by atoms with Crippen LogP contribution in [0.25, 0.3) is 0 Å². The average molecular weight is 483 g/mol. The first-order chi connectivity index (χ1) is 14.8. The second kappa shape index (κ2) is 10.6. The maximum Gasteiger partial charge on any atom is 0.257 e. The van der Waals surface area contributed by atoms with E-state index in [4.69, 9.17) is 9.47 Å². The highest BCUT2D eigenvalue weighted by atomic mass is 79.9. The summed E-state index contributed by atoms with van der Waals surface area (Å²) in [7, 11) is 0. The summed E-state index contributed by atoms with van der Waals surface area (Å²) in [5.74, 6) is 1.24. The fourth-order valence-electron chi connectivity index (χ4n) is 3.25. The number of nitrogens with zero attached hydrogens (tertiary/aromatic N) is 1. The Bertz CT molecular complexity index is 1040. The first-order valence-corrected chi connectivity index (χ1v) is 11.1. The lowest BCUT2D eigenvalue weighted by Crippen LogP contribution is -2.18. The minimum atomic E-state index is -0.191. The van der Waals surface area contributed by atoms with E-state index in [2.05, 4.69) is 26.2 Å². The number of pyridine rings is 1. The van der Waals surface area contributed by atoms with Crippen molar-refractivity contribution in [3.05, 3.63) is 82.1 Å². The zero-order valence-corrected chi connectivity index (χ0v) is 19.8. The summed E-state index contributed by atoms with van der Waals surface area (Å²) in [6, 6.07) is 18.6. The minimum Gasteiger partial charge on any atom is -0.457 e. The summed E-state index contributed by atoms with van der Waals surface area (Å²) < 4.78 is 12.6. The molecule has 5 nitrogen and oxygen atoms in total. The van der Waals surface area contributed by atoms with Crippen LogP contribution in [-0.2, 0) is 11.2 Å². The minimum absolute atomic E-state index is 0.0734.